The molecule has 0 amide bonds. The summed E-state index contributed by atoms with van der Waals surface area (Å²) < 4.78 is 50.7. The number of hydrogen-bond acceptors (Lipinski definition) is 3. The van der Waals surface area contributed by atoms with E-state index in [0.717, 1.165) is 29.1 Å². The number of rotatable bonds is 4. The zero-order valence-electron chi connectivity index (χ0n) is 12.7. The van der Waals surface area contributed by atoms with Gasteiger partial charge in [0.1, 0.15) is 5.82 Å². The highest BCUT2D eigenvalue weighted by Gasteiger charge is 2.34. The molecule has 0 spiro atoms. The second kappa shape index (κ2) is 6.99. The molecule has 0 aliphatic carbocycles. The van der Waals surface area contributed by atoms with Gasteiger partial charge in [0.2, 0.25) is 0 Å². The number of alkyl halides is 3. The zero-order valence-corrected chi connectivity index (χ0v) is 13.5. The Morgan fingerprint density at radius 1 is 1.26 bits per heavy atom. The molecule has 1 aromatic carbocycles. The van der Waals surface area contributed by atoms with E-state index in [1.165, 1.54) is 11.0 Å². The van der Waals surface area contributed by atoms with Crippen molar-refractivity contribution in [1.82, 2.24) is 10.2 Å². The van der Waals surface area contributed by atoms with Crippen molar-refractivity contribution in [1.29, 1.82) is 0 Å². The average molecular weight is 348 g/mol. The molecule has 1 aromatic rings. The maximum Gasteiger partial charge on any atom is 0.401 e. The van der Waals surface area contributed by atoms with Crippen molar-refractivity contribution in [3.05, 3.63) is 29.6 Å². The van der Waals surface area contributed by atoms with Crippen molar-refractivity contribution in [2.24, 2.45) is 5.92 Å². The van der Waals surface area contributed by atoms with Crippen LogP contribution in [0.2, 0.25) is 0 Å². The number of nitrogens with one attached hydrogen (secondary N) is 1. The summed E-state index contributed by atoms with van der Waals surface area (Å²) in [4.78, 5) is 2.57. The van der Waals surface area contributed by atoms with Gasteiger partial charge in [0, 0.05) is 17.5 Å². The van der Waals surface area contributed by atoms with Crippen LogP contribution in [0, 0.1) is 11.7 Å². The Labute approximate surface area is 137 Å². The van der Waals surface area contributed by atoms with E-state index in [1.807, 2.05) is 6.07 Å². The normalized spacial score (nSPS) is 25.6. The Balaban J connectivity index is 1.53. The molecule has 3 rings (SSSR count). The molecule has 0 aromatic heterocycles. The Hall–Kier alpha value is -0.790. The lowest BCUT2D eigenvalue weighted by molar-refractivity contribution is -0.143. The summed E-state index contributed by atoms with van der Waals surface area (Å²) in [6.45, 7) is 0.832. The average Bonchev–Trinajstić information content (AvgIpc) is 2.90. The smallest absolute Gasteiger partial charge is 0.310 e. The predicted molar refractivity (Wildman–Crippen MR) is 83.1 cm³/mol. The van der Waals surface area contributed by atoms with Crippen LogP contribution < -0.4 is 5.32 Å². The molecule has 1 saturated heterocycles. The van der Waals surface area contributed by atoms with Crippen molar-refractivity contribution in [2.45, 2.75) is 30.0 Å². The maximum absolute atomic E-state index is 13.5. The molecule has 7 heteroatoms. The molecular formula is C16H20F4N2S. The molecular weight excluding hydrogens is 328 g/mol. The van der Waals surface area contributed by atoms with Crippen LogP contribution in [-0.4, -0.2) is 43.0 Å². The highest BCUT2D eigenvalue weighted by molar-refractivity contribution is 7.99. The van der Waals surface area contributed by atoms with Crippen LogP contribution in [-0.2, 0) is 0 Å². The Morgan fingerprint density at radius 3 is 2.87 bits per heavy atom. The molecule has 0 saturated carbocycles. The van der Waals surface area contributed by atoms with Gasteiger partial charge in [0.15, 0.2) is 0 Å². The number of fused-ring (bicyclic) bond motifs is 1. The van der Waals surface area contributed by atoms with Gasteiger partial charge in [0.25, 0.3) is 0 Å². The molecule has 2 unspecified atom stereocenters. The van der Waals surface area contributed by atoms with Gasteiger partial charge in [-0.25, -0.2) is 4.39 Å². The third kappa shape index (κ3) is 4.61. The lowest BCUT2D eigenvalue weighted by atomic mass is 10.0. The van der Waals surface area contributed by atoms with Crippen molar-refractivity contribution >= 4 is 11.8 Å². The fraction of sp³-hybridized carbons (Fsp3) is 0.625. The van der Waals surface area contributed by atoms with E-state index in [-0.39, 0.29) is 17.8 Å². The predicted octanol–water partition coefficient (Wildman–Crippen LogP) is 3.84. The quantitative estimate of drug-likeness (QED) is 0.833. The monoisotopic (exact) mass is 348 g/mol. The van der Waals surface area contributed by atoms with Crippen molar-refractivity contribution < 1.29 is 17.6 Å². The van der Waals surface area contributed by atoms with E-state index < -0.39 is 12.7 Å². The number of nitrogens with zero attached hydrogens (tertiary/aromatic N) is 1. The molecule has 2 nitrogen and oxygen atoms in total. The van der Waals surface area contributed by atoms with Crippen LogP contribution in [0.5, 0.6) is 0 Å². The minimum atomic E-state index is -4.13. The summed E-state index contributed by atoms with van der Waals surface area (Å²) in [6, 6.07) is 4.95. The maximum atomic E-state index is 13.5. The first-order valence-electron chi connectivity index (χ1n) is 7.85. The highest BCUT2D eigenvalue weighted by atomic mass is 32.2. The van der Waals surface area contributed by atoms with Crippen LogP contribution in [0.1, 0.15) is 24.4 Å². The van der Waals surface area contributed by atoms with Gasteiger partial charge < -0.3 is 5.32 Å². The van der Waals surface area contributed by atoms with Gasteiger partial charge in [-0.2, -0.15) is 13.2 Å². The summed E-state index contributed by atoms with van der Waals surface area (Å²) in [5, 5.41) is 3.44. The molecule has 1 N–H and O–H groups in total. The van der Waals surface area contributed by atoms with Crippen LogP contribution in [0.25, 0.3) is 0 Å². The number of benzene rings is 1. The summed E-state index contributed by atoms with van der Waals surface area (Å²) in [7, 11) is 0. The van der Waals surface area contributed by atoms with Gasteiger partial charge in [0.05, 0.1) is 6.54 Å². The van der Waals surface area contributed by atoms with Crippen LogP contribution >= 0.6 is 11.8 Å². The van der Waals surface area contributed by atoms with Gasteiger partial charge in [-0.05, 0) is 61.4 Å². The molecule has 2 aliphatic heterocycles. The van der Waals surface area contributed by atoms with Crippen molar-refractivity contribution in [3.63, 3.8) is 0 Å². The minimum absolute atomic E-state index is 0.0959. The van der Waals surface area contributed by atoms with Crippen LogP contribution in [0.3, 0.4) is 0 Å². The largest absolute Gasteiger partial charge is 0.401 e. The van der Waals surface area contributed by atoms with Gasteiger partial charge in [-0.1, -0.05) is 0 Å². The van der Waals surface area contributed by atoms with E-state index in [4.69, 9.17) is 0 Å². The van der Waals surface area contributed by atoms with E-state index in [1.54, 1.807) is 17.8 Å². The Morgan fingerprint density at radius 2 is 2.09 bits per heavy atom. The molecule has 23 heavy (non-hydrogen) atoms. The fourth-order valence-electron chi connectivity index (χ4n) is 3.36. The fourth-order valence-corrected chi connectivity index (χ4v) is 4.47. The number of hydrogen-bond donors (Lipinski definition) is 1. The van der Waals surface area contributed by atoms with Gasteiger partial charge >= 0.3 is 6.18 Å². The minimum Gasteiger partial charge on any atom is -0.310 e. The van der Waals surface area contributed by atoms with Crippen LogP contribution in [0.4, 0.5) is 17.6 Å². The molecule has 0 radical (unpaired) electrons. The summed E-state index contributed by atoms with van der Waals surface area (Å²) in [5.41, 5.74) is 0.978. The third-order valence-electron chi connectivity index (χ3n) is 4.44. The van der Waals surface area contributed by atoms with Crippen molar-refractivity contribution in [2.75, 3.05) is 31.9 Å². The van der Waals surface area contributed by atoms with E-state index in [2.05, 4.69) is 5.32 Å². The first-order valence-corrected chi connectivity index (χ1v) is 8.84. The van der Waals surface area contributed by atoms with E-state index >= 15 is 0 Å². The molecule has 2 heterocycles. The molecule has 128 valence electrons. The third-order valence-corrected chi connectivity index (χ3v) is 5.56. The molecule has 1 fully saturated rings. The van der Waals surface area contributed by atoms with Gasteiger partial charge in [-0.3, -0.25) is 4.90 Å². The van der Waals surface area contributed by atoms with Gasteiger partial charge in [-0.15, -0.1) is 11.8 Å². The van der Waals surface area contributed by atoms with E-state index in [9.17, 15) is 17.6 Å². The molecule has 0 bridgehead atoms. The Bertz CT molecular complexity index is 549. The Kier molecular flexibility index (Phi) is 5.18. The zero-order chi connectivity index (χ0) is 16.4. The SMILES string of the molecule is Fc1ccc2c(c1)C(NCC1CCN(CC(F)(F)F)C1)CCS2. The summed E-state index contributed by atoms with van der Waals surface area (Å²) in [6.07, 6.45) is -2.43. The lowest BCUT2D eigenvalue weighted by Gasteiger charge is -2.27. The molecule has 2 aliphatic rings. The first kappa shape index (κ1) is 17.0. The standard InChI is InChI=1S/C16H20F4N2S/c17-12-1-2-15-13(7-12)14(4-6-23-15)21-8-11-3-5-22(9-11)10-16(18,19)20/h1-2,7,11,14,21H,3-6,8-10H2. The number of thioether (sulfide) groups is 1. The molecule has 2 atom stereocenters. The summed E-state index contributed by atoms with van der Waals surface area (Å²) >= 11 is 1.73. The summed E-state index contributed by atoms with van der Waals surface area (Å²) in [5.74, 6) is 0.959. The number of halogens is 4. The topological polar surface area (TPSA) is 15.3 Å². The van der Waals surface area contributed by atoms with Crippen molar-refractivity contribution in [3.8, 4) is 0 Å². The van der Waals surface area contributed by atoms with E-state index in [0.29, 0.717) is 19.6 Å². The second-order valence-electron chi connectivity index (χ2n) is 6.29. The lowest BCUT2D eigenvalue weighted by Crippen LogP contribution is -2.34. The second-order valence-corrected chi connectivity index (χ2v) is 7.42. The van der Waals surface area contributed by atoms with Crippen LogP contribution in [0.15, 0.2) is 23.1 Å². The first-order chi connectivity index (χ1) is 10.9. The highest BCUT2D eigenvalue weighted by Crippen LogP contribution is 2.36. The number of likely N-dealkylation sites (tertiary alicyclic amines) is 1.